The van der Waals surface area contributed by atoms with Gasteiger partial charge in [0.2, 0.25) is 0 Å². The first-order chi connectivity index (χ1) is 10.4. The van der Waals surface area contributed by atoms with Crippen molar-refractivity contribution < 1.29 is 9.84 Å². The van der Waals surface area contributed by atoms with Crippen LogP contribution in [0.3, 0.4) is 0 Å². The zero-order valence-corrected chi connectivity index (χ0v) is 16.8. The van der Waals surface area contributed by atoms with Gasteiger partial charge < -0.3 is 20.9 Å². The molecule has 4 N–H and O–H groups in total. The molecule has 23 heavy (non-hydrogen) atoms. The number of aliphatic hydroxyl groups excluding tert-OH is 1. The third-order valence-corrected chi connectivity index (χ3v) is 3.06. The number of benzene rings is 1. The molecule has 0 saturated heterocycles. The van der Waals surface area contributed by atoms with Gasteiger partial charge in [0.15, 0.2) is 5.96 Å². The van der Waals surface area contributed by atoms with Crippen LogP contribution < -0.4 is 11.1 Å². The molecule has 0 aliphatic carbocycles. The van der Waals surface area contributed by atoms with E-state index in [0.29, 0.717) is 24.4 Å². The average molecular weight is 435 g/mol. The summed E-state index contributed by atoms with van der Waals surface area (Å²) in [5.41, 5.74) is 7.98. The van der Waals surface area contributed by atoms with Gasteiger partial charge in [-0.05, 0) is 29.5 Å². The molecule has 6 heteroatoms. The van der Waals surface area contributed by atoms with Crippen LogP contribution in [-0.4, -0.2) is 36.9 Å². The Balaban J connectivity index is 0.00000484. The molecule has 132 valence electrons. The number of hydrogen-bond acceptors (Lipinski definition) is 3. The van der Waals surface area contributed by atoms with Crippen molar-refractivity contribution in [3.05, 3.63) is 29.8 Å². The second-order valence-electron chi connectivity index (χ2n) is 6.22. The number of rotatable bonds is 8. The summed E-state index contributed by atoms with van der Waals surface area (Å²) in [6.07, 6.45) is -0.638. The minimum absolute atomic E-state index is 0. The van der Waals surface area contributed by atoms with E-state index in [0.717, 1.165) is 5.69 Å². The van der Waals surface area contributed by atoms with Gasteiger partial charge in [-0.1, -0.05) is 39.8 Å². The molecule has 1 rings (SSSR count). The minimum Gasteiger partial charge on any atom is -0.389 e. The Labute approximate surface area is 156 Å². The van der Waals surface area contributed by atoms with E-state index >= 15 is 0 Å². The maximum Gasteiger partial charge on any atom is 0.193 e. The molecule has 1 unspecified atom stereocenters. The Bertz CT molecular complexity index is 479. The predicted octanol–water partition coefficient (Wildman–Crippen LogP) is 3.19. The highest BCUT2D eigenvalue weighted by molar-refractivity contribution is 14.0. The molecule has 0 aliphatic heterocycles. The minimum atomic E-state index is -0.638. The van der Waals surface area contributed by atoms with Crippen molar-refractivity contribution in [2.75, 3.05) is 25.1 Å². The SMILES string of the molecule is CC(C)COCC(O)CN=C(N)Nc1cccc(C(C)C)c1.I. The van der Waals surface area contributed by atoms with Gasteiger partial charge in [-0.3, -0.25) is 4.99 Å². The molecule has 0 radical (unpaired) electrons. The van der Waals surface area contributed by atoms with E-state index in [1.54, 1.807) is 0 Å². The topological polar surface area (TPSA) is 79.9 Å². The number of aliphatic imine (C=N–C) groups is 1. The van der Waals surface area contributed by atoms with Crippen LogP contribution in [0.5, 0.6) is 0 Å². The molecule has 0 aromatic heterocycles. The molecular weight excluding hydrogens is 405 g/mol. The Morgan fingerprint density at radius 2 is 1.96 bits per heavy atom. The normalized spacial score (nSPS) is 13.1. The van der Waals surface area contributed by atoms with Crippen LogP contribution in [0.2, 0.25) is 0 Å². The summed E-state index contributed by atoms with van der Waals surface area (Å²) in [6.45, 7) is 9.55. The zero-order valence-electron chi connectivity index (χ0n) is 14.5. The first-order valence-electron chi connectivity index (χ1n) is 7.81. The quantitative estimate of drug-likeness (QED) is 0.333. The van der Waals surface area contributed by atoms with Crippen molar-refractivity contribution in [3.8, 4) is 0 Å². The first kappa shape index (κ1) is 22.1. The maximum atomic E-state index is 9.78. The summed E-state index contributed by atoms with van der Waals surface area (Å²) in [7, 11) is 0. The number of ether oxygens (including phenoxy) is 1. The number of aliphatic hydroxyl groups is 1. The van der Waals surface area contributed by atoms with Gasteiger partial charge in [0.25, 0.3) is 0 Å². The lowest BCUT2D eigenvalue weighted by molar-refractivity contribution is 0.0302. The standard InChI is InChI=1S/C17H29N3O2.HI/c1-12(2)10-22-11-16(21)9-19-17(18)20-15-7-5-6-14(8-15)13(3)4;/h5-8,12-13,16,21H,9-11H2,1-4H3,(H3,18,19,20);1H. The predicted molar refractivity (Wildman–Crippen MR) is 108 cm³/mol. The van der Waals surface area contributed by atoms with Crippen molar-refractivity contribution >= 4 is 35.6 Å². The fraction of sp³-hybridized carbons (Fsp3) is 0.588. The van der Waals surface area contributed by atoms with Crippen molar-refractivity contribution in [3.63, 3.8) is 0 Å². The molecule has 0 amide bonds. The number of hydrogen-bond donors (Lipinski definition) is 3. The summed E-state index contributed by atoms with van der Waals surface area (Å²) in [5, 5.41) is 12.8. The highest BCUT2D eigenvalue weighted by atomic mass is 127. The van der Waals surface area contributed by atoms with Crippen LogP contribution in [0.15, 0.2) is 29.3 Å². The van der Waals surface area contributed by atoms with E-state index in [1.807, 2.05) is 12.1 Å². The zero-order chi connectivity index (χ0) is 16.5. The van der Waals surface area contributed by atoms with Gasteiger partial charge in [0.1, 0.15) is 0 Å². The number of nitrogens with one attached hydrogen (secondary N) is 1. The summed E-state index contributed by atoms with van der Waals surface area (Å²) in [4.78, 5) is 4.14. The second-order valence-corrected chi connectivity index (χ2v) is 6.22. The molecule has 0 spiro atoms. The van der Waals surface area contributed by atoms with Gasteiger partial charge in [0.05, 0.1) is 19.3 Å². The van der Waals surface area contributed by atoms with Gasteiger partial charge in [-0.25, -0.2) is 0 Å². The van der Waals surface area contributed by atoms with E-state index in [-0.39, 0.29) is 37.1 Å². The first-order valence-corrected chi connectivity index (χ1v) is 7.81. The number of nitrogens with zero attached hydrogens (tertiary/aromatic N) is 1. The smallest absolute Gasteiger partial charge is 0.193 e. The van der Waals surface area contributed by atoms with E-state index in [2.05, 4.69) is 50.1 Å². The van der Waals surface area contributed by atoms with Gasteiger partial charge in [-0.2, -0.15) is 0 Å². The number of nitrogens with two attached hydrogens (primary N) is 1. The van der Waals surface area contributed by atoms with Gasteiger partial charge in [-0.15, -0.1) is 24.0 Å². The van der Waals surface area contributed by atoms with Crippen LogP contribution in [-0.2, 0) is 4.74 Å². The van der Waals surface area contributed by atoms with Crippen LogP contribution in [0, 0.1) is 5.92 Å². The lowest BCUT2D eigenvalue weighted by atomic mass is 10.0. The molecule has 0 aliphatic rings. The highest BCUT2D eigenvalue weighted by Crippen LogP contribution is 2.18. The van der Waals surface area contributed by atoms with Gasteiger partial charge in [0, 0.05) is 12.3 Å². The van der Waals surface area contributed by atoms with Gasteiger partial charge >= 0.3 is 0 Å². The summed E-state index contributed by atoms with van der Waals surface area (Å²) < 4.78 is 5.37. The highest BCUT2D eigenvalue weighted by Gasteiger charge is 2.05. The van der Waals surface area contributed by atoms with Crippen LogP contribution in [0.25, 0.3) is 0 Å². The molecule has 0 saturated carbocycles. The molecule has 1 aromatic rings. The lowest BCUT2D eigenvalue weighted by Gasteiger charge is -2.12. The Kier molecular flexibility index (Phi) is 11.2. The molecular formula is C17H30IN3O2. The molecule has 0 fully saturated rings. The van der Waals surface area contributed by atoms with Crippen molar-refractivity contribution in [1.82, 2.24) is 0 Å². The fourth-order valence-corrected chi connectivity index (χ4v) is 1.86. The summed E-state index contributed by atoms with van der Waals surface area (Å²) >= 11 is 0. The van der Waals surface area contributed by atoms with Crippen LogP contribution in [0.4, 0.5) is 5.69 Å². The van der Waals surface area contributed by atoms with Crippen LogP contribution >= 0.6 is 24.0 Å². The lowest BCUT2D eigenvalue weighted by Crippen LogP contribution is -2.26. The van der Waals surface area contributed by atoms with E-state index in [1.165, 1.54) is 5.56 Å². The van der Waals surface area contributed by atoms with Crippen molar-refractivity contribution in [2.24, 2.45) is 16.6 Å². The number of guanidine groups is 1. The van der Waals surface area contributed by atoms with Crippen molar-refractivity contribution in [2.45, 2.75) is 39.7 Å². The number of halogens is 1. The Hall–Kier alpha value is -0.860. The largest absolute Gasteiger partial charge is 0.389 e. The van der Waals surface area contributed by atoms with Crippen LogP contribution in [0.1, 0.15) is 39.2 Å². The summed E-state index contributed by atoms with van der Waals surface area (Å²) in [5.74, 6) is 1.21. The maximum absolute atomic E-state index is 9.78. The molecule has 1 aromatic carbocycles. The third-order valence-electron chi connectivity index (χ3n) is 3.06. The van der Waals surface area contributed by atoms with E-state index in [9.17, 15) is 5.11 Å². The number of anilines is 1. The van der Waals surface area contributed by atoms with E-state index in [4.69, 9.17) is 10.5 Å². The molecule has 5 nitrogen and oxygen atoms in total. The monoisotopic (exact) mass is 435 g/mol. The molecule has 0 heterocycles. The third kappa shape index (κ3) is 9.78. The summed E-state index contributed by atoms with van der Waals surface area (Å²) in [6, 6.07) is 8.06. The Morgan fingerprint density at radius 3 is 2.57 bits per heavy atom. The average Bonchev–Trinajstić information content (AvgIpc) is 2.45. The van der Waals surface area contributed by atoms with E-state index < -0.39 is 6.10 Å². The van der Waals surface area contributed by atoms with Crippen molar-refractivity contribution in [1.29, 1.82) is 0 Å². The second kappa shape index (κ2) is 11.6. The molecule has 1 atom stereocenters. The molecule has 0 bridgehead atoms. The Morgan fingerprint density at radius 1 is 1.26 bits per heavy atom. The fourth-order valence-electron chi connectivity index (χ4n) is 1.86.